The molecule has 0 saturated carbocycles. The first-order chi connectivity index (χ1) is 6.10. The van der Waals surface area contributed by atoms with Gasteiger partial charge in [-0.2, -0.15) is 26.3 Å². The highest BCUT2D eigenvalue weighted by atomic mass is 19.4. The van der Waals surface area contributed by atoms with Crippen LogP contribution in [0.5, 0.6) is 0 Å². The number of ether oxygens (including phenoxy) is 1. The van der Waals surface area contributed by atoms with E-state index in [1.165, 1.54) is 0 Å². The summed E-state index contributed by atoms with van der Waals surface area (Å²) in [5, 5.41) is 0. The fourth-order valence-corrected chi connectivity index (χ4v) is 0.495. The Morgan fingerprint density at radius 1 is 1.00 bits per heavy atom. The minimum atomic E-state index is -4.75. The average Bonchev–Trinajstić information content (AvgIpc) is 1.78. The lowest BCUT2D eigenvalue weighted by Crippen LogP contribution is -2.19. The van der Waals surface area contributed by atoms with Crippen LogP contribution in [0.25, 0.3) is 0 Å². The molecule has 0 fully saturated rings. The van der Waals surface area contributed by atoms with Gasteiger partial charge in [-0.3, -0.25) is 4.79 Å². The molecular formula is C6H6F6O2. The summed E-state index contributed by atoms with van der Waals surface area (Å²) >= 11 is 0. The number of rotatable bonds is 3. The zero-order valence-electron chi connectivity index (χ0n) is 6.71. The molecule has 0 N–H and O–H groups in total. The molecule has 0 spiro atoms. The van der Waals surface area contributed by atoms with Crippen LogP contribution in [0.2, 0.25) is 0 Å². The fraction of sp³-hybridized carbons (Fsp3) is 0.833. The standard InChI is InChI=1S/C6H6F6O2/c7-5(8,9)1-2-14-4(13)3-6(10,11)12/h1-3H2. The highest BCUT2D eigenvalue weighted by Gasteiger charge is 2.33. The molecule has 0 aliphatic carbocycles. The monoisotopic (exact) mass is 224 g/mol. The van der Waals surface area contributed by atoms with E-state index >= 15 is 0 Å². The van der Waals surface area contributed by atoms with E-state index in [4.69, 9.17) is 0 Å². The maximum atomic E-state index is 11.4. The van der Waals surface area contributed by atoms with E-state index in [1.807, 2.05) is 0 Å². The number of halogens is 6. The minimum absolute atomic E-state index is 1.08. The van der Waals surface area contributed by atoms with Crippen LogP contribution < -0.4 is 0 Å². The first-order valence-electron chi connectivity index (χ1n) is 3.39. The molecular weight excluding hydrogens is 218 g/mol. The smallest absolute Gasteiger partial charge is 0.399 e. The van der Waals surface area contributed by atoms with E-state index in [2.05, 4.69) is 4.74 Å². The Labute approximate surface area is 74.8 Å². The maximum Gasteiger partial charge on any atom is 0.399 e. The molecule has 0 aliphatic rings. The summed E-state index contributed by atoms with van der Waals surface area (Å²) in [5.41, 5.74) is 0. The quantitative estimate of drug-likeness (QED) is 0.543. The maximum absolute atomic E-state index is 11.4. The summed E-state index contributed by atoms with van der Waals surface area (Å²) in [5.74, 6) is -1.71. The summed E-state index contributed by atoms with van der Waals surface area (Å²) in [6, 6.07) is 0. The van der Waals surface area contributed by atoms with Crippen molar-refractivity contribution < 1.29 is 35.9 Å². The van der Waals surface area contributed by atoms with Gasteiger partial charge in [-0.15, -0.1) is 0 Å². The van der Waals surface area contributed by atoms with E-state index < -0.39 is 37.8 Å². The van der Waals surface area contributed by atoms with Crippen molar-refractivity contribution in [2.24, 2.45) is 0 Å². The van der Waals surface area contributed by atoms with Gasteiger partial charge in [0.2, 0.25) is 0 Å². The Hall–Kier alpha value is -0.950. The number of carbonyl (C=O) groups excluding carboxylic acids is 1. The average molecular weight is 224 g/mol. The molecule has 0 aromatic rings. The van der Waals surface area contributed by atoms with Gasteiger partial charge in [0.1, 0.15) is 6.42 Å². The molecule has 0 saturated heterocycles. The second-order valence-electron chi connectivity index (χ2n) is 2.38. The van der Waals surface area contributed by atoms with Crippen molar-refractivity contribution in [1.29, 1.82) is 0 Å². The molecule has 0 heterocycles. The van der Waals surface area contributed by atoms with Crippen LogP contribution in [0.4, 0.5) is 26.3 Å². The van der Waals surface area contributed by atoms with E-state index in [0.717, 1.165) is 0 Å². The second kappa shape index (κ2) is 4.52. The second-order valence-corrected chi connectivity index (χ2v) is 2.38. The third-order valence-corrected chi connectivity index (χ3v) is 0.993. The van der Waals surface area contributed by atoms with Gasteiger partial charge in [0.05, 0.1) is 13.0 Å². The molecule has 0 bridgehead atoms. The van der Waals surface area contributed by atoms with E-state index in [-0.39, 0.29) is 0 Å². The Bertz CT molecular complexity index is 193. The van der Waals surface area contributed by atoms with Crippen LogP contribution in [-0.2, 0) is 9.53 Å². The predicted octanol–water partition coefficient (Wildman–Crippen LogP) is 2.43. The van der Waals surface area contributed by atoms with Crippen molar-refractivity contribution in [1.82, 2.24) is 0 Å². The topological polar surface area (TPSA) is 26.3 Å². The van der Waals surface area contributed by atoms with Crippen LogP contribution in [0.3, 0.4) is 0 Å². The molecule has 2 nitrogen and oxygen atoms in total. The van der Waals surface area contributed by atoms with Crippen LogP contribution in [0, 0.1) is 0 Å². The summed E-state index contributed by atoms with van der Waals surface area (Å²) < 4.78 is 72.3. The van der Waals surface area contributed by atoms with E-state index in [9.17, 15) is 31.1 Å². The number of carbonyl (C=O) groups is 1. The lowest BCUT2D eigenvalue weighted by Gasteiger charge is -2.08. The first kappa shape index (κ1) is 13.1. The molecule has 0 aliphatic heterocycles. The summed E-state index contributed by atoms with van der Waals surface area (Å²) in [6.07, 6.45) is -12.6. The van der Waals surface area contributed by atoms with Crippen LogP contribution in [0.1, 0.15) is 12.8 Å². The summed E-state index contributed by atoms with van der Waals surface area (Å²) in [7, 11) is 0. The van der Waals surface area contributed by atoms with E-state index in [1.54, 1.807) is 0 Å². The van der Waals surface area contributed by atoms with Gasteiger partial charge in [0, 0.05) is 0 Å². The van der Waals surface area contributed by atoms with Gasteiger partial charge < -0.3 is 4.74 Å². The van der Waals surface area contributed by atoms with Crippen LogP contribution >= 0.6 is 0 Å². The zero-order valence-corrected chi connectivity index (χ0v) is 6.71. The fourth-order valence-electron chi connectivity index (χ4n) is 0.495. The molecule has 14 heavy (non-hydrogen) atoms. The van der Waals surface area contributed by atoms with Crippen molar-refractivity contribution >= 4 is 5.97 Å². The highest BCUT2D eigenvalue weighted by molar-refractivity contribution is 5.70. The van der Waals surface area contributed by atoms with Crippen molar-refractivity contribution in [2.45, 2.75) is 25.2 Å². The lowest BCUT2D eigenvalue weighted by molar-refractivity contribution is -0.177. The Balaban J connectivity index is 3.66. The molecule has 0 aromatic heterocycles. The third kappa shape index (κ3) is 9.14. The van der Waals surface area contributed by atoms with Crippen molar-refractivity contribution in [2.75, 3.05) is 6.61 Å². The van der Waals surface area contributed by atoms with E-state index in [0.29, 0.717) is 0 Å². The van der Waals surface area contributed by atoms with Crippen LogP contribution in [0.15, 0.2) is 0 Å². The molecule has 0 atom stereocenters. The molecule has 0 amide bonds. The summed E-state index contributed by atoms with van der Waals surface area (Å²) in [6.45, 7) is -1.08. The molecule has 8 heteroatoms. The lowest BCUT2D eigenvalue weighted by atomic mass is 10.4. The van der Waals surface area contributed by atoms with Crippen molar-refractivity contribution in [3.63, 3.8) is 0 Å². The van der Waals surface area contributed by atoms with Gasteiger partial charge in [-0.1, -0.05) is 0 Å². The Kier molecular flexibility index (Phi) is 4.21. The number of alkyl halides is 6. The molecule has 0 radical (unpaired) electrons. The van der Waals surface area contributed by atoms with Crippen molar-refractivity contribution in [3.05, 3.63) is 0 Å². The van der Waals surface area contributed by atoms with Gasteiger partial charge in [-0.05, 0) is 0 Å². The summed E-state index contributed by atoms with van der Waals surface area (Å²) in [4.78, 5) is 10.2. The molecule has 84 valence electrons. The van der Waals surface area contributed by atoms with Gasteiger partial charge in [0.25, 0.3) is 0 Å². The predicted molar refractivity (Wildman–Crippen MR) is 32.3 cm³/mol. The Morgan fingerprint density at radius 3 is 1.86 bits per heavy atom. The first-order valence-corrected chi connectivity index (χ1v) is 3.39. The van der Waals surface area contributed by atoms with Crippen molar-refractivity contribution in [3.8, 4) is 0 Å². The molecule has 0 aromatic carbocycles. The SMILES string of the molecule is O=C(CC(F)(F)F)OCCC(F)(F)F. The Morgan fingerprint density at radius 2 is 1.50 bits per heavy atom. The third-order valence-electron chi connectivity index (χ3n) is 0.993. The largest absolute Gasteiger partial charge is 0.465 e. The van der Waals surface area contributed by atoms with Crippen LogP contribution in [-0.4, -0.2) is 24.9 Å². The minimum Gasteiger partial charge on any atom is -0.465 e. The number of hydrogen-bond donors (Lipinski definition) is 0. The molecule has 0 rings (SSSR count). The zero-order chi connectivity index (χ0) is 11.4. The van der Waals surface area contributed by atoms with Gasteiger partial charge in [0.15, 0.2) is 0 Å². The molecule has 0 unspecified atom stereocenters. The van der Waals surface area contributed by atoms with Gasteiger partial charge in [-0.25, -0.2) is 0 Å². The normalized spacial score (nSPS) is 12.7. The highest BCUT2D eigenvalue weighted by Crippen LogP contribution is 2.21. The number of esters is 1. The number of hydrogen-bond acceptors (Lipinski definition) is 2. The van der Waals surface area contributed by atoms with Gasteiger partial charge >= 0.3 is 18.3 Å².